The lowest BCUT2D eigenvalue weighted by Gasteiger charge is -2.58. The van der Waals surface area contributed by atoms with Crippen molar-refractivity contribution in [3.05, 3.63) is 57.9 Å². The first-order valence-electron chi connectivity index (χ1n) is 9.96. The van der Waals surface area contributed by atoms with Crippen LogP contribution in [0.3, 0.4) is 0 Å². The monoisotopic (exact) mass is 427 g/mol. The quantitative estimate of drug-likeness (QED) is 0.523. The van der Waals surface area contributed by atoms with Crippen LogP contribution in [0.25, 0.3) is 0 Å². The van der Waals surface area contributed by atoms with Crippen molar-refractivity contribution in [2.75, 3.05) is 19.6 Å². The van der Waals surface area contributed by atoms with Gasteiger partial charge < -0.3 is 9.64 Å². The van der Waals surface area contributed by atoms with Crippen LogP contribution >= 0.6 is 11.6 Å². The van der Waals surface area contributed by atoms with Crippen LogP contribution in [0, 0.1) is 33.4 Å². The Morgan fingerprint density at radius 1 is 1.33 bits per heavy atom. The molecule has 2 fully saturated rings. The average molecular weight is 428 g/mol. The minimum absolute atomic E-state index is 0.118. The third-order valence-electron chi connectivity index (χ3n) is 6.01. The maximum absolute atomic E-state index is 14.1. The van der Waals surface area contributed by atoms with Gasteiger partial charge in [0, 0.05) is 24.7 Å². The van der Waals surface area contributed by atoms with E-state index in [1.165, 1.54) is 12.3 Å². The topological polar surface area (TPSA) is 88.9 Å². The van der Waals surface area contributed by atoms with Gasteiger partial charge in [-0.3, -0.25) is 15.4 Å². The van der Waals surface area contributed by atoms with Gasteiger partial charge in [-0.25, -0.2) is 4.39 Å². The summed E-state index contributed by atoms with van der Waals surface area (Å²) >= 11 is 5.96. The molecule has 2 N–H and O–H groups in total. The van der Waals surface area contributed by atoms with Crippen LogP contribution in [0.4, 0.5) is 4.39 Å². The predicted molar refractivity (Wildman–Crippen MR) is 111 cm³/mol. The molecule has 6 nitrogen and oxygen atoms in total. The minimum Gasteiger partial charge on any atom is -0.490 e. The number of halogens is 2. The highest BCUT2D eigenvalue weighted by molar-refractivity contribution is 6.31. The van der Waals surface area contributed by atoms with Gasteiger partial charge >= 0.3 is 0 Å². The molecule has 1 aromatic carbocycles. The molecular weight excluding hydrogens is 405 g/mol. The molecule has 0 bridgehead atoms. The number of hydrogen-bond donors (Lipinski definition) is 2. The molecule has 4 rings (SSSR count). The van der Waals surface area contributed by atoms with Gasteiger partial charge in [0.1, 0.15) is 23.1 Å². The molecule has 0 atom stereocenters. The van der Waals surface area contributed by atoms with E-state index in [1.54, 1.807) is 18.2 Å². The summed E-state index contributed by atoms with van der Waals surface area (Å²) in [4.78, 5) is 2.38. The Hall–Kier alpha value is -2.69. The lowest BCUT2D eigenvalue weighted by molar-refractivity contribution is -0.119. The number of nitrogens with one attached hydrogen (secondary N) is 2. The fraction of sp³-hybridized carbons (Fsp3) is 0.409. The normalized spacial score (nSPS) is 17.8. The number of benzene rings is 1. The summed E-state index contributed by atoms with van der Waals surface area (Å²) in [6.07, 6.45) is 5.74. The largest absolute Gasteiger partial charge is 0.490 e. The molecule has 1 aliphatic carbocycles. The summed E-state index contributed by atoms with van der Waals surface area (Å²) in [6, 6.07) is 8.75. The van der Waals surface area contributed by atoms with Crippen LogP contribution in [0.5, 0.6) is 5.75 Å². The van der Waals surface area contributed by atoms with Crippen molar-refractivity contribution >= 4 is 17.9 Å². The zero-order valence-electron chi connectivity index (χ0n) is 16.5. The van der Waals surface area contributed by atoms with E-state index in [-0.39, 0.29) is 17.4 Å². The highest BCUT2D eigenvalue weighted by Crippen LogP contribution is 2.49. The van der Waals surface area contributed by atoms with E-state index in [4.69, 9.17) is 32.4 Å². The molecule has 1 saturated carbocycles. The molecule has 156 valence electrons. The molecule has 2 heterocycles. The summed E-state index contributed by atoms with van der Waals surface area (Å²) in [7, 11) is 0. The van der Waals surface area contributed by atoms with Gasteiger partial charge in [-0.05, 0) is 62.1 Å². The van der Waals surface area contributed by atoms with Crippen LogP contribution in [-0.2, 0) is 6.42 Å². The Labute approximate surface area is 179 Å². The summed E-state index contributed by atoms with van der Waals surface area (Å²) in [5.41, 5.74) is 1.41. The number of nitrogens with zero attached hydrogens (tertiary/aromatic N) is 3. The second kappa shape index (κ2) is 8.21. The van der Waals surface area contributed by atoms with Gasteiger partial charge in [0.15, 0.2) is 0 Å². The number of likely N-dealkylation sites (tertiary alicyclic amines) is 1. The summed E-state index contributed by atoms with van der Waals surface area (Å²) in [5, 5.41) is 24.5. The van der Waals surface area contributed by atoms with E-state index in [0.29, 0.717) is 33.7 Å². The van der Waals surface area contributed by atoms with Crippen molar-refractivity contribution in [3.8, 4) is 11.8 Å². The third-order valence-corrected chi connectivity index (χ3v) is 6.34. The smallest absolute Gasteiger partial charge is 0.143 e. The standard InChI is InChI=1S/C22H23ClFN5O/c23-19-4-3-17(6-16(19)10-25)30-18-8-22(9-18)12-28(13-22)5-1-2-15-7-21(27)29(14-26)11-20(15)24/h3-4,6-7,11,14,18,26-27H,1-2,5,8-9,12-13H2. The number of rotatable bonds is 7. The van der Waals surface area contributed by atoms with E-state index in [1.807, 2.05) is 0 Å². The maximum atomic E-state index is 14.1. The summed E-state index contributed by atoms with van der Waals surface area (Å²) < 4.78 is 21.2. The van der Waals surface area contributed by atoms with Gasteiger partial charge in [0.05, 0.1) is 23.0 Å². The summed E-state index contributed by atoms with van der Waals surface area (Å²) in [6.45, 7) is 2.97. The number of aryl methyl sites for hydroxylation is 1. The van der Waals surface area contributed by atoms with Gasteiger partial charge in [-0.2, -0.15) is 5.26 Å². The Bertz CT molecular complexity index is 1060. The van der Waals surface area contributed by atoms with E-state index >= 15 is 0 Å². The number of aromatic nitrogens is 1. The molecule has 1 spiro atoms. The van der Waals surface area contributed by atoms with Crippen molar-refractivity contribution in [2.24, 2.45) is 5.41 Å². The van der Waals surface area contributed by atoms with Crippen molar-refractivity contribution in [1.82, 2.24) is 9.47 Å². The lowest BCUT2D eigenvalue weighted by Crippen LogP contribution is -2.64. The molecule has 8 heteroatoms. The fourth-order valence-electron chi connectivity index (χ4n) is 4.54. The Morgan fingerprint density at radius 3 is 2.80 bits per heavy atom. The van der Waals surface area contributed by atoms with E-state index in [0.717, 1.165) is 49.8 Å². The third kappa shape index (κ3) is 4.11. The van der Waals surface area contributed by atoms with Crippen LogP contribution in [0.2, 0.25) is 5.02 Å². The van der Waals surface area contributed by atoms with E-state index < -0.39 is 0 Å². The zero-order chi connectivity index (χ0) is 21.3. The Kier molecular flexibility index (Phi) is 5.63. The van der Waals surface area contributed by atoms with Gasteiger partial charge in [0.25, 0.3) is 0 Å². The van der Waals surface area contributed by atoms with Gasteiger partial charge in [0.2, 0.25) is 0 Å². The maximum Gasteiger partial charge on any atom is 0.143 e. The number of pyridine rings is 1. The highest BCUT2D eigenvalue weighted by Gasteiger charge is 2.53. The van der Waals surface area contributed by atoms with Gasteiger partial charge in [-0.1, -0.05) is 11.6 Å². The van der Waals surface area contributed by atoms with Crippen molar-refractivity contribution in [2.45, 2.75) is 31.8 Å². The first-order chi connectivity index (χ1) is 14.4. The molecule has 0 radical (unpaired) electrons. The molecule has 1 aromatic heterocycles. The number of ether oxygens (including phenoxy) is 1. The zero-order valence-corrected chi connectivity index (χ0v) is 17.3. The second-order valence-corrected chi connectivity index (χ2v) is 8.69. The average Bonchev–Trinajstić information content (AvgIpc) is 2.67. The Balaban J connectivity index is 1.20. The molecule has 2 aromatic rings. The molecular formula is C22H23ClFN5O. The van der Waals surface area contributed by atoms with E-state index in [2.05, 4.69) is 11.0 Å². The minimum atomic E-state index is -0.365. The number of nitriles is 1. The summed E-state index contributed by atoms with van der Waals surface area (Å²) in [5.74, 6) is 0.324. The molecule has 1 aliphatic heterocycles. The molecule has 30 heavy (non-hydrogen) atoms. The highest BCUT2D eigenvalue weighted by atomic mass is 35.5. The van der Waals surface area contributed by atoms with Gasteiger partial charge in [-0.15, -0.1) is 0 Å². The van der Waals surface area contributed by atoms with Crippen LogP contribution < -0.4 is 10.2 Å². The van der Waals surface area contributed by atoms with E-state index in [9.17, 15) is 4.39 Å². The first-order valence-corrected chi connectivity index (χ1v) is 10.3. The SMILES string of the molecule is N#Cc1cc(OC2CC3(C2)CN(CCCc2cc(=N)n(C=N)cc2F)C3)ccc1Cl. The number of hydrogen-bond acceptors (Lipinski definition) is 5. The molecule has 1 saturated heterocycles. The van der Waals surface area contributed by atoms with Crippen LogP contribution in [-0.4, -0.2) is 41.5 Å². The predicted octanol–water partition coefficient (Wildman–Crippen LogP) is 3.56. The molecule has 0 amide bonds. The molecule has 0 unspecified atom stereocenters. The van der Waals surface area contributed by atoms with Crippen molar-refractivity contribution < 1.29 is 9.13 Å². The van der Waals surface area contributed by atoms with Crippen molar-refractivity contribution in [3.63, 3.8) is 0 Å². The van der Waals surface area contributed by atoms with Crippen molar-refractivity contribution in [1.29, 1.82) is 16.1 Å². The fourth-order valence-corrected chi connectivity index (χ4v) is 4.70. The van der Waals surface area contributed by atoms with Crippen LogP contribution in [0.1, 0.15) is 30.4 Å². The first kappa shape index (κ1) is 20.6. The second-order valence-electron chi connectivity index (χ2n) is 8.28. The molecule has 2 aliphatic rings. The van der Waals surface area contributed by atoms with Crippen LogP contribution in [0.15, 0.2) is 30.5 Å². The lowest BCUT2D eigenvalue weighted by atomic mass is 9.61. The Morgan fingerprint density at radius 2 is 2.10 bits per heavy atom.